The molecule has 10 heavy (non-hydrogen) atoms. The van der Waals surface area contributed by atoms with E-state index in [1.165, 1.54) is 6.20 Å². The summed E-state index contributed by atoms with van der Waals surface area (Å²) < 4.78 is 0. The summed E-state index contributed by atoms with van der Waals surface area (Å²) in [7, 11) is 1.67. The third-order valence-electron chi connectivity index (χ3n) is 1.09. The molecule has 5 nitrogen and oxygen atoms in total. The molecule has 0 bridgehead atoms. The van der Waals surface area contributed by atoms with Crippen LogP contribution in [0.5, 0.6) is 0 Å². The van der Waals surface area contributed by atoms with E-state index in [1.807, 2.05) is 0 Å². The van der Waals surface area contributed by atoms with Crippen LogP contribution in [0.3, 0.4) is 0 Å². The molecule has 0 aliphatic carbocycles. The maximum Gasteiger partial charge on any atom is 0.346 e. The maximum atomic E-state index is 10.5. The van der Waals surface area contributed by atoms with E-state index in [-0.39, 0.29) is 0 Å². The van der Waals surface area contributed by atoms with Crippen molar-refractivity contribution in [1.29, 1.82) is 0 Å². The van der Waals surface area contributed by atoms with Gasteiger partial charge in [0, 0.05) is 7.05 Å². The molecule has 1 rings (SSSR count). The molecule has 0 aliphatic heterocycles. The number of nitrogens with one attached hydrogen (secondary N) is 2. The second kappa shape index (κ2) is 2.38. The Morgan fingerprint density at radius 1 is 1.80 bits per heavy atom. The molecule has 0 amide bonds. The number of rotatable bonds is 1. The summed E-state index contributed by atoms with van der Waals surface area (Å²) >= 11 is 0. The Labute approximate surface area is 57.3 Å². The van der Waals surface area contributed by atoms with E-state index < -0.39 is 5.69 Å². The number of anilines is 2. The quantitative estimate of drug-likeness (QED) is 0.486. The van der Waals surface area contributed by atoms with Gasteiger partial charge in [0.2, 0.25) is 0 Å². The van der Waals surface area contributed by atoms with Crippen LogP contribution in [-0.2, 0) is 0 Å². The number of nitrogens with zero attached hydrogens (tertiary/aromatic N) is 1. The zero-order valence-electron chi connectivity index (χ0n) is 5.51. The average molecular weight is 140 g/mol. The molecular formula is C5H8N4O. The van der Waals surface area contributed by atoms with E-state index in [4.69, 9.17) is 5.73 Å². The molecular weight excluding hydrogens is 132 g/mol. The normalized spacial score (nSPS) is 9.30. The van der Waals surface area contributed by atoms with Crippen molar-refractivity contribution in [3.05, 3.63) is 16.7 Å². The molecule has 0 unspecified atom stereocenters. The van der Waals surface area contributed by atoms with Crippen molar-refractivity contribution in [1.82, 2.24) is 9.97 Å². The van der Waals surface area contributed by atoms with Crippen molar-refractivity contribution in [2.75, 3.05) is 18.1 Å². The van der Waals surface area contributed by atoms with Gasteiger partial charge in [-0.25, -0.2) is 4.79 Å². The Morgan fingerprint density at radius 2 is 2.50 bits per heavy atom. The van der Waals surface area contributed by atoms with Gasteiger partial charge in [0.25, 0.3) is 0 Å². The van der Waals surface area contributed by atoms with Crippen molar-refractivity contribution >= 4 is 11.5 Å². The summed E-state index contributed by atoms with van der Waals surface area (Å²) in [4.78, 5) is 16.4. The molecule has 0 saturated heterocycles. The molecule has 0 radical (unpaired) electrons. The number of hydrogen-bond donors (Lipinski definition) is 3. The first-order valence-electron chi connectivity index (χ1n) is 2.76. The third-order valence-corrected chi connectivity index (χ3v) is 1.09. The van der Waals surface area contributed by atoms with Gasteiger partial charge < -0.3 is 11.1 Å². The number of aromatic nitrogens is 2. The molecule has 1 aromatic rings. The largest absolute Gasteiger partial charge is 0.395 e. The molecule has 0 spiro atoms. The second-order valence-corrected chi connectivity index (χ2v) is 1.77. The monoisotopic (exact) mass is 140 g/mol. The van der Waals surface area contributed by atoms with E-state index in [9.17, 15) is 4.79 Å². The van der Waals surface area contributed by atoms with E-state index >= 15 is 0 Å². The zero-order chi connectivity index (χ0) is 7.56. The van der Waals surface area contributed by atoms with E-state index in [0.29, 0.717) is 11.5 Å². The standard InChI is InChI=1S/C5H8N4O/c1-7-4-3(6)2-8-5(10)9-4/h2H,6H2,1H3,(H2,7,8,9,10). The first-order valence-corrected chi connectivity index (χ1v) is 2.76. The van der Waals surface area contributed by atoms with Crippen molar-refractivity contribution in [2.45, 2.75) is 0 Å². The maximum absolute atomic E-state index is 10.5. The van der Waals surface area contributed by atoms with Crippen LogP contribution in [0, 0.1) is 0 Å². The molecule has 0 aromatic carbocycles. The molecule has 54 valence electrons. The zero-order valence-corrected chi connectivity index (χ0v) is 5.51. The van der Waals surface area contributed by atoms with Gasteiger partial charge in [-0.1, -0.05) is 0 Å². The minimum Gasteiger partial charge on any atom is -0.395 e. The van der Waals surface area contributed by atoms with Crippen molar-refractivity contribution in [3.8, 4) is 0 Å². The van der Waals surface area contributed by atoms with Crippen LogP contribution in [0.1, 0.15) is 0 Å². The predicted molar refractivity (Wildman–Crippen MR) is 38.8 cm³/mol. The first-order chi connectivity index (χ1) is 4.74. The minimum absolute atomic E-state index is 0.404. The Hall–Kier alpha value is -1.52. The molecule has 1 aromatic heterocycles. The number of hydrogen-bond acceptors (Lipinski definition) is 4. The Kier molecular flexibility index (Phi) is 1.57. The van der Waals surface area contributed by atoms with Crippen molar-refractivity contribution in [2.24, 2.45) is 0 Å². The van der Waals surface area contributed by atoms with Gasteiger partial charge in [0.05, 0.1) is 11.9 Å². The summed E-state index contributed by atoms with van der Waals surface area (Å²) in [5, 5.41) is 2.72. The molecule has 1 heterocycles. The molecule has 5 heteroatoms. The third kappa shape index (κ3) is 1.07. The molecule has 0 aliphatic rings. The van der Waals surface area contributed by atoms with Crippen molar-refractivity contribution in [3.63, 3.8) is 0 Å². The highest BCUT2D eigenvalue weighted by Crippen LogP contribution is 2.07. The second-order valence-electron chi connectivity index (χ2n) is 1.77. The van der Waals surface area contributed by atoms with Crippen LogP contribution in [0.15, 0.2) is 11.0 Å². The topological polar surface area (TPSA) is 83.8 Å². The van der Waals surface area contributed by atoms with Crippen LogP contribution in [0.25, 0.3) is 0 Å². The van der Waals surface area contributed by atoms with Crippen LogP contribution < -0.4 is 16.7 Å². The van der Waals surface area contributed by atoms with E-state index in [1.54, 1.807) is 7.05 Å². The lowest BCUT2D eigenvalue weighted by Gasteiger charge is -2.00. The fourth-order valence-corrected chi connectivity index (χ4v) is 0.611. The summed E-state index contributed by atoms with van der Waals surface area (Å²) in [6, 6.07) is 0. The number of aromatic amines is 1. The summed E-state index contributed by atoms with van der Waals surface area (Å²) in [6.07, 6.45) is 1.31. The summed E-state index contributed by atoms with van der Waals surface area (Å²) in [6.45, 7) is 0. The van der Waals surface area contributed by atoms with Crippen LogP contribution in [-0.4, -0.2) is 17.0 Å². The number of nitrogens with two attached hydrogens (primary N) is 1. The molecule has 4 N–H and O–H groups in total. The molecule has 0 saturated carbocycles. The van der Waals surface area contributed by atoms with Gasteiger partial charge in [-0.15, -0.1) is 0 Å². The number of nitrogen functional groups attached to an aromatic ring is 1. The van der Waals surface area contributed by atoms with Gasteiger partial charge in [-0.05, 0) is 0 Å². The molecule has 0 fully saturated rings. The van der Waals surface area contributed by atoms with E-state index in [2.05, 4.69) is 15.3 Å². The highest BCUT2D eigenvalue weighted by atomic mass is 16.1. The highest BCUT2D eigenvalue weighted by Gasteiger charge is 1.94. The number of H-pyrrole nitrogens is 1. The van der Waals surface area contributed by atoms with Crippen LogP contribution >= 0.6 is 0 Å². The Morgan fingerprint density at radius 3 is 3.00 bits per heavy atom. The van der Waals surface area contributed by atoms with Gasteiger partial charge >= 0.3 is 5.69 Å². The lowest BCUT2D eigenvalue weighted by atomic mass is 10.5. The highest BCUT2D eigenvalue weighted by molar-refractivity contribution is 5.58. The SMILES string of the molecule is CNc1[nH]c(=O)ncc1N. The van der Waals surface area contributed by atoms with Gasteiger partial charge in [0.1, 0.15) is 5.82 Å². The average Bonchev–Trinajstić information content (AvgIpc) is 1.94. The van der Waals surface area contributed by atoms with Crippen LogP contribution in [0.4, 0.5) is 11.5 Å². The summed E-state index contributed by atoms with van der Waals surface area (Å²) in [5.74, 6) is 0.500. The predicted octanol–water partition coefficient (Wildman–Crippen LogP) is -0.606. The van der Waals surface area contributed by atoms with Gasteiger partial charge in [-0.2, -0.15) is 4.98 Å². The first kappa shape index (κ1) is 6.60. The summed E-state index contributed by atoms with van der Waals surface area (Å²) in [5.41, 5.74) is 5.43. The Bertz CT molecular complexity index is 279. The lowest BCUT2D eigenvalue weighted by molar-refractivity contribution is 1.08. The van der Waals surface area contributed by atoms with Crippen molar-refractivity contribution < 1.29 is 0 Å². The van der Waals surface area contributed by atoms with Gasteiger partial charge in [0.15, 0.2) is 0 Å². The van der Waals surface area contributed by atoms with Gasteiger partial charge in [-0.3, -0.25) is 4.98 Å². The Balaban J connectivity index is 3.22. The minimum atomic E-state index is -0.404. The lowest BCUT2D eigenvalue weighted by Crippen LogP contribution is -2.13. The van der Waals surface area contributed by atoms with E-state index in [0.717, 1.165) is 0 Å². The molecule has 0 atom stereocenters. The fraction of sp³-hybridized carbons (Fsp3) is 0.200. The fourth-order valence-electron chi connectivity index (χ4n) is 0.611. The smallest absolute Gasteiger partial charge is 0.346 e. The van der Waals surface area contributed by atoms with Crippen LogP contribution in [0.2, 0.25) is 0 Å².